The number of thiophene rings is 1. The Morgan fingerprint density at radius 2 is 1.78 bits per heavy atom. The van der Waals surface area contributed by atoms with E-state index >= 15 is 0 Å². The molecule has 0 amide bonds. The number of aryl methyl sites for hydroxylation is 3. The Hall–Kier alpha value is -1.72. The fourth-order valence-corrected chi connectivity index (χ4v) is 5.17. The number of rotatable bonds is 5. The van der Waals surface area contributed by atoms with Gasteiger partial charge in [-0.05, 0) is 59.9 Å². The van der Waals surface area contributed by atoms with Gasteiger partial charge in [0.05, 0.1) is 11.4 Å². The van der Waals surface area contributed by atoms with Crippen LogP contribution in [0.15, 0.2) is 33.4 Å². The fourth-order valence-electron chi connectivity index (χ4n) is 3.09. The molecule has 1 atom stereocenters. The summed E-state index contributed by atoms with van der Waals surface area (Å²) in [6, 6.07) is 6.45. The molecule has 0 saturated carbocycles. The van der Waals surface area contributed by atoms with Gasteiger partial charge in [0.1, 0.15) is 5.76 Å². The Kier molecular flexibility index (Phi) is 5.73. The summed E-state index contributed by atoms with van der Waals surface area (Å²) in [6.07, 6.45) is 0. The number of oxazole rings is 1. The normalized spacial score (nSPS) is 13.1. The van der Waals surface area contributed by atoms with Crippen molar-refractivity contribution < 1.29 is 8.63 Å². The molecule has 3 aromatic rings. The van der Waals surface area contributed by atoms with E-state index in [-0.39, 0.29) is 5.41 Å². The highest BCUT2D eigenvalue weighted by Crippen LogP contribution is 2.28. The van der Waals surface area contributed by atoms with Crippen molar-refractivity contribution in [2.24, 2.45) is 0 Å². The van der Waals surface area contributed by atoms with Crippen LogP contribution in [-0.4, -0.2) is 9.19 Å². The Morgan fingerprint density at radius 1 is 1.11 bits per heavy atom. The highest BCUT2D eigenvalue weighted by Gasteiger charge is 2.19. The molecule has 0 aliphatic rings. The van der Waals surface area contributed by atoms with E-state index in [4.69, 9.17) is 4.42 Å². The highest BCUT2D eigenvalue weighted by molar-refractivity contribution is 7.83. The third kappa shape index (κ3) is 4.58. The zero-order valence-electron chi connectivity index (χ0n) is 16.9. The van der Waals surface area contributed by atoms with E-state index in [1.807, 2.05) is 23.8 Å². The SMILES string of the molecule is Cc1cc(C(C)(C)C)cc(C)c1C[S@](=O)Cc1nc(-c2ccsc2)oc1C. The van der Waals surface area contributed by atoms with Crippen molar-refractivity contribution in [3.63, 3.8) is 0 Å². The molecule has 27 heavy (non-hydrogen) atoms. The van der Waals surface area contributed by atoms with Crippen molar-refractivity contribution in [1.29, 1.82) is 0 Å². The molecule has 3 rings (SSSR count). The van der Waals surface area contributed by atoms with Gasteiger partial charge in [-0.2, -0.15) is 11.3 Å². The molecule has 144 valence electrons. The molecule has 0 spiro atoms. The van der Waals surface area contributed by atoms with Crippen LogP contribution in [0.1, 0.15) is 54.5 Å². The molecule has 0 fully saturated rings. The molecule has 5 heteroatoms. The lowest BCUT2D eigenvalue weighted by molar-refractivity contribution is 0.540. The van der Waals surface area contributed by atoms with Gasteiger partial charge in [-0.1, -0.05) is 32.9 Å². The van der Waals surface area contributed by atoms with E-state index < -0.39 is 10.8 Å². The summed E-state index contributed by atoms with van der Waals surface area (Å²) in [5.74, 6) is 2.32. The average molecular weight is 402 g/mol. The molecule has 2 heterocycles. The maximum absolute atomic E-state index is 12.8. The first kappa shape index (κ1) is 20.0. The van der Waals surface area contributed by atoms with Crippen LogP contribution in [0.25, 0.3) is 11.5 Å². The van der Waals surface area contributed by atoms with Gasteiger partial charge in [0, 0.05) is 27.5 Å². The molecule has 1 aromatic carbocycles. The summed E-state index contributed by atoms with van der Waals surface area (Å²) < 4.78 is 18.6. The van der Waals surface area contributed by atoms with Gasteiger partial charge < -0.3 is 4.42 Å². The molecular weight excluding hydrogens is 374 g/mol. The van der Waals surface area contributed by atoms with Crippen molar-refractivity contribution in [3.05, 3.63) is 62.7 Å². The summed E-state index contributed by atoms with van der Waals surface area (Å²) >= 11 is 1.61. The molecule has 2 aromatic heterocycles. The quantitative estimate of drug-likeness (QED) is 0.521. The molecule has 3 nitrogen and oxygen atoms in total. The minimum atomic E-state index is -1.03. The van der Waals surface area contributed by atoms with Gasteiger partial charge in [0.2, 0.25) is 5.89 Å². The van der Waals surface area contributed by atoms with E-state index in [1.54, 1.807) is 11.3 Å². The second-order valence-electron chi connectivity index (χ2n) is 8.10. The third-order valence-electron chi connectivity index (χ3n) is 4.83. The van der Waals surface area contributed by atoms with Gasteiger partial charge in [-0.3, -0.25) is 4.21 Å². The first-order valence-corrected chi connectivity index (χ1v) is 11.5. The lowest BCUT2D eigenvalue weighted by Crippen LogP contribution is -2.13. The fraction of sp³-hybridized carbons (Fsp3) is 0.409. The molecule has 0 unspecified atom stereocenters. The van der Waals surface area contributed by atoms with Crippen LogP contribution < -0.4 is 0 Å². The first-order chi connectivity index (χ1) is 12.6. The topological polar surface area (TPSA) is 43.1 Å². The number of aromatic nitrogens is 1. The first-order valence-electron chi connectivity index (χ1n) is 9.09. The van der Waals surface area contributed by atoms with Crippen molar-refractivity contribution >= 4 is 22.1 Å². The summed E-state index contributed by atoms with van der Waals surface area (Å²) in [6.45, 7) is 12.8. The monoisotopic (exact) mass is 401 g/mol. The zero-order chi connectivity index (χ0) is 19.8. The van der Waals surface area contributed by atoms with Crippen LogP contribution >= 0.6 is 11.3 Å². The number of hydrogen-bond acceptors (Lipinski definition) is 4. The third-order valence-corrected chi connectivity index (χ3v) is 6.72. The standard InChI is InChI=1S/C22H27NO2S2/c1-14-9-18(22(4,5)6)10-15(2)19(14)12-27(24)13-20-16(3)25-21(23-20)17-7-8-26-11-17/h7-11H,12-13H2,1-6H3/t27-/m0/s1. The van der Waals surface area contributed by atoms with Gasteiger partial charge in [-0.25, -0.2) is 4.98 Å². The molecule has 0 bridgehead atoms. The Morgan fingerprint density at radius 3 is 2.33 bits per heavy atom. The number of nitrogens with zero attached hydrogens (tertiary/aromatic N) is 1. The largest absolute Gasteiger partial charge is 0.441 e. The zero-order valence-corrected chi connectivity index (χ0v) is 18.5. The highest BCUT2D eigenvalue weighted by atomic mass is 32.2. The van der Waals surface area contributed by atoms with Crippen molar-refractivity contribution in [2.75, 3.05) is 0 Å². The summed E-state index contributed by atoms with van der Waals surface area (Å²) in [5.41, 5.74) is 6.80. The molecule has 0 saturated heterocycles. The van der Waals surface area contributed by atoms with Crippen LogP contribution in [0.5, 0.6) is 0 Å². The van der Waals surface area contributed by atoms with Gasteiger partial charge in [-0.15, -0.1) is 0 Å². The number of hydrogen-bond donors (Lipinski definition) is 0. The van der Waals surface area contributed by atoms with Gasteiger partial charge in [0.25, 0.3) is 0 Å². The summed E-state index contributed by atoms with van der Waals surface area (Å²) in [5, 5.41) is 4.01. The van der Waals surface area contributed by atoms with E-state index in [0.717, 1.165) is 17.0 Å². The van der Waals surface area contributed by atoms with Gasteiger partial charge >= 0.3 is 0 Å². The molecule has 0 aliphatic carbocycles. The maximum Gasteiger partial charge on any atom is 0.227 e. The van der Waals surface area contributed by atoms with Crippen LogP contribution in [-0.2, 0) is 27.7 Å². The van der Waals surface area contributed by atoms with E-state index in [9.17, 15) is 4.21 Å². The summed E-state index contributed by atoms with van der Waals surface area (Å²) in [4.78, 5) is 4.57. The van der Waals surface area contributed by atoms with Crippen LogP contribution in [0, 0.1) is 20.8 Å². The number of benzene rings is 1. The predicted octanol–water partition coefficient (Wildman–Crippen LogP) is 6.07. The van der Waals surface area contributed by atoms with Gasteiger partial charge in [0.15, 0.2) is 0 Å². The summed E-state index contributed by atoms with van der Waals surface area (Å²) in [7, 11) is -1.03. The molecule has 0 radical (unpaired) electrons. The Balaban J connectivity index is 1.77. The maximum atomic E-state index is 12.8. The Labute approximate surface area is 168 Å². The van der Waals surface area contributed by atoms with E-state index in [0.29, 0.717) is 17.4 Å². The van der Waals surface area contributed by atoms with Crippen LogP contribution in [0.2, 0.25) is 0 Å². The molecule has 0 N–H and O–H groups in total. The van der Waals surface area contributed by atoms with Crippen LogP contribution in [0.4, 0.5) is 0 Å². The van der Waals surface area contributed by atoms with Crippen molar-refractivity contribution in [3.8, 4) is 11.5 Å². The Bertz CT molecular complexity index is 940. The smallest absolute Gasteiger partial charge is 0.227 e. The van der Waals surface area contributed by atoms with Crippen molar-refractivity contribution in [1.82, 2.24) is 4.98 Å². The molecular formula is C22H27NO2S2. The second kappa shape index (κ2) is 7.72. The minimum absolute atomic E-state index is 0.114. The minimum Gasteiger partial charge on any atom is -0.441 e. The van der Waals surface area contributed by atoms with E-state index in [1.165, 1.54) is 22.3 Å². The second-order valence-corrected chi connectivity index (χ2v) is 10.3. The van der Waals surface area contributed by atoms with Crippen LogP contribution in [0.3, 0.4) is 0 Å². The van der Waals surface area contributed by atoms with Crippen molar-refractivity contribution in [2.45, 2.75) is 58.5 Å². The average Bonchev–Trinajstić information content (AvgIpc) is 3.20. The lowest BCUT2D eigenvalue weighted by atomic mass is 9.84. The molecule has 0 aliphatic heterocycles. The van der Waals surface area contributed by atoms with E-state index in [2.05, 4.69) is 51.7 Å². The predicted molar refractivity (Wildman–Crippen MR) is 115 cm³/mol. The lowest BCUT2D eigenvalue weighted by Gasteiger charge is -2.22.